The molecule has 0 aromatic carbocycles. The Hall–Kier alpha value is -0.120. The molecule has 1 saturated heterocycles. The van der Waals surface area contributed by atoms with Crippen molar-refractivity contribution in [2.45, 2.75) is 57.6 Å². The number of nitrogens with one attached hydrogen (secondary N) is 1. The quantitative estimate of drug-likeness (QED) is 0.717. The molecule has 3 nitrogen and oxygen atoms in total. The Morgan fingerprint density at radius 2 is 1.94 bits per heavy atom. The zero-order valence-electron chi connectivity index (χ0n) is 11.2. The normalized spacial score (nSPS) is 32.1. The number of nitrogens with zero attached hydrogens (tertiary/aromatic N) is 1. The zero-order valence-corrected chi connectivity index (χ0v) is 11.2. The Labute approximate surface area is 106 Å². The minimum Gasteiger partial charge on any atom is -0.391 e. The number of piperidine rings is 1. The summed E-state index contributed by atoms with van der Waals surface area (Å²) in [6, 6.07) is 0.472. The summed E-state index contributed by atoms with van der Waals surface area (Å²) in [5, 5.41) is 13.5. The van der Waals surface area contributed by atoms with Gasteiger partial charge in [0.25, 0.3) is 0 Å². The van der Waals surface area contributed by atoms with Crippen LogP contribution in [-0.2, 0) is 0 Å². The maximum absolute atomic E-state index is 9.93. The fraction of sp³-hybridized carbons (Fsp3) is 1.00. The van der Waals surface area contributed by atoms with Crippen molar-refractivity contribution in [1.29, 1.82) is 0 Å². The minimum absolute atomic E-state index is 0.0511. The maximum Gasteiger partial charge on any atom is 0.0695 e. The van der Waals surface area contributed by atoms with Crippen molar-refractivity contribution in [3.63, 3.8) is 0 Å². The summed E-state index contributed by atoms with van der Waals surface area (Å²) in [4.78, 5) is 2.54. The van der Waals surface area contributed by atoms with Crippen molar-refractivity contribution in [2.24, 2.45) is 5.92 Å². The van der Waals surface area contributed by atoms with E-state index in [2.05, 4.69) is 17.1 Å². The van der Waals surface area contributed by atoms with Gasteiger partial charge < -0.3 is 10.4 Å². The summed E-state index contributed by atoms with van der Waals surface area (Å²) in [6.07, 6.45) is 7.23. The van der Waals surface area contributed by atoms with Gasteiger partial charge in [-0.05, 0) is 70.6 Å². The van der Waals surface area contributed by atoms with Gasteiger partial charge in [0.15, 0.2) is 0 Å². The molecule has 1 aliphatic carbocycles. The van der Waals surface area contributed by atoms with Crippen molar-refractivity contribution in [3.05, 3.63) is 0 Å². The van der Waals surface area contributed by atoms with E-state index in [1.165, 1.54) is 51.7 Å². The van der Waals surface area contributed by atoms with Crippen LogP contribution in [0.15, 0.2) is 0 Å². The summed E-state index contributed by atoms with van der Waals surface area (Å²) >= 11 is 0. The average molecular weight is 240 g/mol. The highest BCUT2D eigenvalue weighted by Crippen LogP contribution is 2.28. The molecule has 2 N–H and O–H groups in total. The molecule has 1 heterocycles. The van der Waals surface area contributed by atoms with Crippen LogP contribution in [0.3, 0.4) is 0 Å². The molecule has 2 atom stereocenters. The van der Waals surface area contributed by atoms with Gasteiger partial charge >= 0.3 is 0 Å². The lowest BCUT2D eigenvalue weighted by Gasteiger charge is -2.37. The highest BCUT2D eigenvalue weighted by atomic mass is 16.3. The highest BCUT2D eigenvalue weighted by molar-refractivity contribution is 4.87. The predicted octanol–water partition coefficient (Wildman–Crippen LogP) is 1.61. The largest absolute Gasteiger partial charge is 0.391 e. The lowest BCUT2D eigenvalue weighted by molar-refractivity contribution is 0.0482. The lowest BCUT2D eigenvalue weighted by Crippen LogP contribution is -2.46. The first-order chi connectivity index (χ1) is 8.31. The number of likely N-dealkylation sites (tertiary alicyclic amines) is 1. The molecule has 1 aliphatic heterocycles. The van der Waals surface area contributed by atoms with E-state index in [0.29, 0.717) is 6.04 Å². The zero-order chi connectivity index (χ0) is 12.1. The van der Waals surface area contributed by atoms with Gasteiger partial charge in [-0.2, -0.15) is 0 Å². The van der Waals surface area contributed by atoms with E-state index in [9.17, 15) is 5.11 Å². The molecule has 2 fully saturated rings. The molecule has 2 aliphatic rings. The van der Waals surface area contributed by atoms with E-state index in [-0.39, 0.29) is 6.10 Å². The molecule has 0 radical (unpaired) electrons. The first-order valence-electron chi connectivity index (χ1n) is 7.44. The van der Waals surface area contributed by atoms with E-state index in [1.807, 2.05) is 0 Å². The fourth-order valence-corrected chi connectivity index (χ4v) is 3.32. The second-order valence-corrected chi connectivity index (χ2v) is 5.75. The fourth-order valence-electron chi connectivity index (χ4n) is 3.32. The van der Waals surface area contributed by atoms with Crippen LogP contribution in [0, 0.1) is 5.92 Å². The SMILES string of the molecule is CCCNCC1CCN(C2CCCC2O)CC1. The van der Waals surface area contributed by atoms with Crippen LogP contribution in [0.25, 0.3) is 0 Å². The van der Waals surface area contributed by atoms with Crippen molar-refractivity contribution in [1.82, 2.24) is 10.2 Å². The first kappa shape index (κ1) is 13.3. The van der Waals surface area contributed by atoms with Crippen LogP contribution in [0.2, 0.25) is 0 Å². The number of aliphatic hydroxyl groups excluding tert-OH is 1. The molecule has 0 amide bonds. The Morgan fingerprint density at radius 3 is 2.53 bits per heavy atom. The van der Waals surface area contributed by atoms with E-state index < -0.39 is 0 Å². The van der Waals surface area contributed by atoms with Crippen LogP contribution in [0.5, 0.6) is 0 Å². The molecule has 1 saturated carbocycles. The highest BCUT2D eigenvalue weighted by Gasteiger charge is 2.32. The Morgan fingerprint density at radius 1 is 1.18 bits per heavy atom. The van der Waals surface area contributed by atoms with Gasteiger partial charge in [0.1, 0.15) is 0 Å². The molecule has 17 heavy (non-hydrogen) atoms. The molecule has 2 rings (SSSR count). The van der Waals surface area contributed by atoms with Crippen LogP contribution in [0.4, 0.5) is 0 Å². The van der Waals surface area contributed by atoms with Gasteiger partial charge in [0, 0.05) is 6.04 Å². The lowest BCUT2D eigenvalue weighted by atomic mass is 9.95. The van der Waals surface area contributed by atoms with E-state index >= 15 is 0 Å². The predicted molar refractivity (Wildman–Crippen MR) is 71.1 cm³/mol. The topological polar surface area (TPSA) is 35.5 Å². The van der Waals surface area contributed by atoms with E-state index in [1.54, 1.807) is 0 Å². The summed E-state index contributed by atoms with van der Waals surface area (Å²) in [6.45, 7) is 6.95. The number of hydrogen-bond acceptors (Lipinski definition) is 3. The third-order valence-corrected chi connectivity index (χ3v) is 4.42. The number of rotatable bonds is 5. The third kappa shape index (κ3) is 3.67. The Bertz CT molecular complexity index is 214. The van der Waals surface area contributed by atoms with Crippen LogP contribution < -0.4 is 5.32 Å². The molecular weight excluding hydrogens is 212 g/mol. The Balaban J connectivity index is 1.67. The van der Waals surface area contributed by atoms with Gasteiger partial charge in [0.05, 0.1) is 6.10 Å². The van der Waals surface area contributed by atoms with Crippen molar-refractivity contribution >= 4 is 0 Å². The molecule has 0 aromatic heterocycles. The van der Waals surface area contributed by atoms with Crippen LogP contribution >= 0.6 is 0 Å². The monoisotopic (exact) mass is 240 g/mol. The minimum atomic E-state index is -0.0511. The number of aliphatic hydroxyl groups is 1. The summed E-state index contributed by atoms with van der Waals surface area (Å²) < 4.78 is 0. The van der Waals surface area contributed by atoms with Gasteiger partial charge in [-0.1, -0.05) is 6.92 Å². The standard InChI is InChI=1S/C14H28N2O/c1-2-8-15-11-12-6-9-16(10-7-12)13-4-3-5-14(13)17/h12-15,17H,2-11H2,1H3. The smallest absolute Gasteiger partial charge is 0.0695 e. The summed E-state index contributed by atoms with van der Waals surface area (Å²) in [7, 11) is 0. The van der Waals surface area contributed by atoms with E-state index in [4.69, 9.17) is 0 Å². The second-order valence-electron chi connectivity index (χ2n) is 5.75. The van der Waals surface area contributed by atoms with Crippen molar-refractivity contribution in [2.75, 3.05) is 26.2 Å². The summed E-state index contributed by atoms with van der Waals surface area (Å²) in [5.74, 6) is 0.858. The molecule has 0 aromatic rings. The molecule has 3 heteroatoms. The molecule has 100 valence electrons. The molecule has 0 spiro atoms. The van der Waals surface area contributed by atoms with Gasteiger partial charge in [0.2, 0.25) is 0 Å². The maximum atomic E-state index is 9.93. The van der Waals surface area contributed by atoms with Crippen LogP contribution in [0.1, 0.15) is 45.4 Å². The third-order valence-electron chi connectivity index (χ3n) is 4.42. The van der Waals surface area contributed by atoms with Crippen molar-refractivity contribution < 1.29 is 5.11 Å². The van der Waals surface area contributed by atoms with Crippen molar-refractivity contribution in [3.8, 4) is 0 Å². The molecule has 0 bridgehead atoms. The van der Waals surface area contributed by atoms with E-state index in [0.717, 1.165) is 18.9 Å². The van der Waals surface area contributed by atoms with Gasteiger partial charge in [-0.3, -0.25) is 4.90 Å². The first-order valence-corrected chi connectivity index (χ1v) is 7.44. The molecular formula is C14H28N2O. The summed E-state index contributed by atoms with van der Waals surface area (Å²) in [5.41, 5.74) is 0. The second kappa shape index (κ2) is 6.72. The van der Waals surface area contributed by atoms with Gasteiger partial charge in [-0.15, -0.1) is 0 Å². The van der Waals surface area contributed by atoms with Crippen LogP contribution in [-0.4, -0.2) is 48.3 Å². The Kier molecular flexibility index (Phi) is 5.26. The number of hydrogen-bond donors (Lipinski definition) is 2. The average Bonchev–Trinajstić information content (AvgIpc) is 2.77. The van der Waals surface area contributed by atoms with Gasteiger partial charge in [-0.25, -0.2) is 0 Å². The molecule has 2 unspecified atom stereocenters.